The van der Waals surface area contributed by atoms with Crippen molar-refractivity contribution in [3.8, 4) is 5.75 Å². The second-order valence-corrected chi connectivity index (χ2v) is 4.98. The molecular formula is C17H19NO3. The van der Waals surface area contributed by atoms with Crippen LogP contribution < -0.4 is 5.32 Å². The molecule has 1 atom stereocenters. The number of anilines is 1. The van der Waals surface area contributed by atoms with Crippen LogP contribution in [0.2, 0.25) is 0 Å². The summed E-state index contributed by atoms with van der Waals surface area (Å²) >= 11 is 0. The number of hydrogen-bond donors (Lipinski definition) is 2. The molecule has 0 amide bonds. The van der Waals surface area contributed by atoms with Crippen LogP contribution in [0, 0.1) is 6.92 Å². The number of ether oxygens (including phenoxy) is 1. The van der Waals surface area contributed by atoms with Gasteiger partial charge in [0.25, 0.3) is 0 Å². The van der Waals surface area contributed by atoms with Gasteiger partial charge in [0, 0.05) is 11.7 Å². The standard InChI is InChI=1S/C17H19NO3/c1-11-4-5-14(17(20)21-3)10-16(11)18-12(2)13-6-8-15(19)9-7-13/h4-10,12,18-19H,1-3H3. The largest absolute Gasteiger partial charge is 0.508 e. The van der Waals surface area contributed by atoms with E-state index >= 15 is 0 Å². The first-order chi connectivity index (χ1) is 10.0. The van der Waals surface area contributed by atoms with E-state index in [9.17, 15) is 9.90 Å². The minimum absolute atomic E-state index is 0.0530. The molecule has 2 aromatic carbocycles. The smallest absolute Gasteiger partial charge is 0.337 e. The Bertz CT molecular complexity index is 635. The minimum Gasteiger partial charge on any atom is -0.508 e. The lowest BCUT2D eigenvalue weighted by atomic mass is 10.1. The van der Waals surface area contributed by atoms with Gasteiger partial charge in [-0.3, -0.25) is 0 Å². The molecule has 0 spiro atoms. The minimum atomic E-state index is -0.352. The fraction of sp³-hybridized carbons (Fsp3) is 0.235. The van der Waals surface area contributed by atoms with E-state index in [1.807, 2.05) is 32.0 Å². The summed E-state index contributed by atoms with van der Waals surface area (Å²) in [6, 6.07) is 12.5. The van der Waals surface area contributed by atoms with Crippen molar-refractivity contribution < 1.29 is 14.6 Å². The number of rotatable bonds is 4. The van der Waals surface area contributed by atoms with Crippen LogP contribution in [-0.2, 0) is 4.74 Å². The molecule has 21 heavy (non-hydrogen) atoms. The van der Waals surface area contributed by atoms with E-state index in [2.05, 4.69) is 5.32 Å². The number of aromatic hydroxyl groups is 1. The number of carbonyl (C=O) groups excluding carboxylic acids is 1. The third-order valence-corrected chi connectivity index (χ3v) is 3.42. The summed E-state index contributed by atoms with van der Waals surface area (Å²) in [5.41, 5.74) is 3.51. The molecule has 0 fully saturated rings. The fourth-order valence-electron chi connectivity index (χ4n) is 2.10. The molecule has 0 saturated carbocycles. The number of methoxy groups -OCH3 is 1. The SMILES string of the molecule is COC(=O)c1ccc(C)c(NC(C)c2ccc(O)cc2)c1. The summed E-state index contributed by atoms with van der Waals surface area (Å²) < 4.78 is 4.74. The van der Waals surface area contributed by atoms with Crippen molar-refractivity contribution in [3.63, 3.8) is 0 Å². The van der Waals surface area contributed by atoms with Crippen LogP contribution >= 0.6 is 0 Å². The predicted octanol–water partition coefficient (Wildman–Crippen LogP) is 3.66. The first-order valence-corrected chi connectivity index (χ1v) is 6.75. The van der Waals surface area contributed by atoms with Gasteiger partial charge >= 0.3 is 5.97 Å². The van der Waals surface area contributed by atoms with Crippen molar-refractivity contribution in [1.29, 1.82) is 0 Å². The number of aryl methyl sites for hydroxylation is 1. The maximum absolute atomic E-state index is 11.6. The van der Waals surface area contributed by atoms with Crippen molar-refractivity contribution in [2.24, 2.45) is 0 Å². The first-order valence-electron chi connectivity index (χ1n) is 6.75. The van der Waals surface area contributed by atoms with Gasteiger partial charge in [-0.2, -0.15) is 0 Å². The monoisotopic (exact) mass is 285 g/mol. The van der Waals surface area contributed by atoms with Crippen LogP contribution in [-0.4, -0.2) is 18.2 Å². The van der Waals surface area contributed by atoms with Gasteiger partial charge in [-0.1, -0.05) is 18.2 Å². The summed E-state index contributed by atoms with van der Waals surface area (Å²) in [6.07, 6.45) is 0. The lowest BCUT2D eigenvalue weighted by Crippen LogP contribution is -2.09. The zero-order chi connectivity index (χ0) is 15.4. The molecule has 0 aliphatic heterocycles. The highest BCUT2D eigenvalue weighted by atomic mass is 16.5. The van der Waals surface area contributed by atoms with E-state index in [1.54, 1.807) is 24.3 Å². The maximum atomic E-state index is 11.6. The number of carbonyl (C=O) groups is 1. The highest BCUT2D eigenvalue weighted by Gasteiger charge is 2.11. The second-order valence-electron chi connectivity index (χ2n) is 4.98. The third kappa shape index (κ3) is 3.54. The molecule has 1 unspecified atom stereocenters. The molecule has 4 heteroatoms. The number of phenols is 1. The van der Waals surface area contributed by atoms with Crippen LogP contribution in [0.3, 0.4) is 0 Å². The molecule has 0 aliphatic rings. The molecule has 0 aromatic heterocycles. The van der Waals surface area contributed by atoms with Crippen molar-refractivity contribution >= 4 is 11.7 Å². The molecule has 2 aromatic rings. The Hall–Kier alpha value is -2.49. The van der Waals surface area contributed by atoms with Gasteiger partial charge in [0.05, 0.1) is 12.7 Å². The predicted molar refractivity (Wildman–Crippen MR) is 82.7 cm³/mol. The summed E-state index contributed by atoms with van der Waals surface area (Å²) in [5.74, 6) is -0.106. The van der Waals surface area contributed by atoms with Gasteiger partial charge in [0.15, 0.2) is 0 Å². The zero-order valence-electron chi connectivity index (χ0n) is 12.4. The molecular weight excluding hydrogens is 266 g/mol. The second kappa shape index (κ2) is 6.31. The van der Waals surface area contributed by atoms with Crippen molar-refractivity contribution in [2.75, 3.05) is 12.4 Å². The van der Waals surface area contributed by atoms with E-state index in [4.69, 9.17) is 4.74 Å². The molecule has 0 bridgehead atoms. The normalized spacial score (nSPS) is 11.8. The van der Waals surface area contributed by atoms with E-state index in [1.165, 1.54) is 7.11 Å². The summed E-state index contributed by atoms with van der Waals surface area (Å²) in [4.78, 5) is 11.6. The summed E-state index contributed by atoms with van der Waals surface area (Å²) in [5, 5.41) is 12.7. The Balaban J connectivity index is 2.22. The molecule has 2 N–H and O–H groups in total. The summed E-state index contributed by atoms with van der Waals surface area (Å²) in [7, 11) is 1.37. The Kier molecular flexibility index (Phi) is 4.48. The zero-order valence-corrected chi connectivity index (χ0v) is 12.4. The highest BCUT2D eigenvalue weighted by Crippen LogP contribution is 2.24. The lowest BCUT2D eigenvalue weighted by molar-refractivity contribution is 0.0601. The van der Waals surface area contributed by atoms with Crippen LogP contribution in [0.4, 0.5) is 5.69 Å². The van der Waals surface area contributed by atoms with Gasteiger partial charge in [-0.25, -0.2) is 4.79 Å². The van der Waals surface area contributed by atoms with Crippen molar-refractivity contribution in [3.05, 3.63) is 59.2 Å². The molecule has 0 heterocycles. The highest BCUT2D eigenvalue weighted by molar-refractivity contribution is 5.90. The van der Waals surface area contributed by atoms with E-state index in [0.29, 0.717) is 5.56 Å². The maximum Gasteiger partial charge on any atom is 0.337 e. The fourth-order valence-corrected chi connectivity index (χ4v) is 2.10. The van der Waals surface area contributed by atoms with Gasteiger partial charge < -0.3 is 15.2 Å². The number of benzene rings is 2. The van der Waals surface area contributed by atoms with E-state index in [-0.39, 0.29) is 17.8 Å². The lowest BCUT2D eigenvalue weighted by Gasteiger charge is -2.18. The summed E-state index contributed by atoms with van der Waals surface area (Å²) in [6.45, 7) is 4.00. The van der Waals surface area contributed by atoms with Gasteiger partial charge in [-0.05, 0) is 49.2 Å². The van der Waals surface area contributed by atoms with Crippen LogP contribution in [0.1, 0.15) is 34.5 Å². The van der Waals surface area contributed by atoms with Crippen LogP contribution in [0.5, 0.6) is 5.75 Å². The average Bonchev–Trinajstić information content (AvgIpc) is 2.49. The number of esters is 1. The molecule has 0 saturated heterocycles. The van der Waals surface area contributed by atoms with E-state index in [0.717, 1.165) is 16.8 Å². The molecule has 0 radical (unpaired) electrons. The van der Waals surface area contributed by atoms with Gasteiger partial charge in [-0.15, -0.1) is 0 Å². The molecule has 4 nitrogen and oxygen atoms in total. The van der Waals surface area contributed by atoms with Gasteiger partial charge in [0.1, 0.15) is 5.75 Å². The Morgan fingerprint density at radius 2 is 1.86 bits per heavy atom. The van der Waals surface area contributed by atoms with Gasteiger partial charge in [0.2, 0.25) is 0 Å². The number of nitrogens with one attached hydrogen (secondary N) is 1. The Morgan fingerprint density at radius 1 is 1.19 bits per heavy atom. The van der Waals surface area contributed by atoms with E-state index < -0.39 is 0 Å². The Morgan fingerprint density at radius 3 is 2.48 bits per heavy atom. The third-order valence-electron chi connectivity index (χ3n) is 3.42. The Labute approximate surface area is 124 Å². The first kappa shape index (κ1) is 14.9. The van der Waals surface area contributed by atoms with Crippen molar-refractivity contribution in [2.45, 2.75) is 19.9 Å². The molecule has 0 aliphatic carbocycles. The average molecular weight is 285 g/mol. The van der Waals surface area contributed by atoms with Crippen LogP contribution in [0.25, 0.3) is 0 Å². The molecule has 2 rings (SSSR count). The van der Waals surface area contributed by atoms with Crippen LogP contribution in [0.15, 0.2) is 42.5 Å². The molecule has 110 valence electrons. The number of phenolic OH excluding ortho intramolecular Hbond substituents is 1. The topological polar surface area (TPSA) is 58.6 Å². The quantitative estimate of drug-likeness (QED) is 0.842. The number of hydrogen-bond acceptors (Lipinski definition) is 4. The van der Waals surface area contributed by atoms with Crippen molar-refractivity contribution in [1.82, 2.24) is 0 Å².